The fraction of sp³-hybridized carbons (Fsp3) is 0.600. The Morgan fingerprint density at radius 2 is 1.86 bits per heavy atom. The summed E-state index contributed by atoms with van der Waals surface area (Å²) in [7, 11) is 0. The van der Waals surface area contributed by atoms with E-state index >= 15 is 0 Å². The van der Waals surface area contributed by atoms with Gasteiger partial charge in [-0.05, 0) is 64.0 Å². The van der Waals surface area contributed by atoms with Crippen LogP contribution in [0, 0.1) is 0 Å². The number of carbonyl (C=O) groups excluding carboxylic acids is 2. The Morgan fingerprint density at radius 3 is 2.59 bits per heavy atom. The first-order valence-electron chi connectivity index (χ1n) is 10.2. The molecule has 2 heterocycles. The molecule has 0 spiro atoms. The predicted molar refractivity (Wildman–Crippen MR) is 114 cm³/mol. The molecule has 29 heavy (non-hydrogen) atoms. The standard InChI is InChI=1S/C20H28Cl2N4O3/c1-15-19(27)25(11-5-10-24-8-3-2-4-9-24)12-13-26(15)29-20(28)23-16-6-7-17(21)18(22)14-16/h6-7,14-15H,2-5,8-13H2,1H3,(H,23,28)/t15-/m0/s1. The van der Waals surface area contributed by atoms with Crippen molar-refractivity contribution >= 4 is 40.9 Å². The lowest BCUT2D eigenvalue weighted by Gasteiger charge is -2.37. The highest BCUT2D eigenvalue weighted by Gasteiger charge is 2.33. The molecule has 2 aliphatic rings. The van der Waals surface area contributed by atoms with Crippen molar-refractivity contribution in [1.29, 1.82) is 0 Å². The fourth-order valence-corrected chi connectivity index (χ4v) is 4.04. The third-order valence-corrected chi connectivity index (χ3v) is 6.15. The number of piperidine rings is 1. The highest BCUT2D eigenvalue weighted by molar-refractivity contribution is 6.42. The van der Waals surface area contributed by atoms with Crippen LogP contribution < -0.4 is 5.32 Å². The summed E-state index contributed by atoms with van der Waals surface area (Å²) in [4.78, 5) is 34.5. The molecule has 2 fully saturated rings. The summed E-state index contributed by atoms with van der Waals surface area (Å²) in [5.74, 6) is -0.0165. The van der Waals surface area contributed by atoms with E-state index in [9.17, 15) is 9.59 Å². The molecule has 1 N–H and O–H groups in total. The summed E-state index contributed by atoms with van der Waals surface area (Å²) < 4.78 is 0. The van der Waals surface area contributed by atoms with E-state index in [2.05, 4.69) is 10.2 Å². The number of hydrogen-bond acceptors (Lipinski definition) is 5. The van der Waals surface area contributed by atoms with Gasteiger partial charge in [0.2, 0.25) is 5.91 Å². The lowest BCUT2D eigenvalue weighted by Crippen LogP contribution is -2.56. The van der Waals surface area contributed by atoms with Gasteiger partial charge >= 0.3 is 6.09 Å². The molecule has 2 aliphatic heterocycles. The molecule has 0 aromatic heterocycles. The number of hydrogen-bond donors (Lipinski definition) is 1. The van der Waals surface area contributed by atoms with Crippen molar-refractivity contribution in [2.75, 3.05) is 44.6 Å². The van der Waals surface area contributed by atoms with E-state index in [0.717, 1.165) is 19.5 Å². The zero-order valence-corrected chi connectivity index (χ0v) is 18.2. The number of nitrogens with zero attached hydrogens (tertiary/aromatic N) is 3. The number of anilines is 1. The van der Waals surface area contributed by atoms with E-state index in [-0.39, 0.29) is 5.91 Å². The van der Waals surface area contributed by atoms with Gasteiger partial charge in [0.05, 0.1) is 16.6 Å². The Labute approximate surface area is 181 Å². The molecule has 7 nitrogen and oxygen atoms in total. The largest absolute Gasteiger partial charge is 0.430 e. The molecule has 2 amide bonds. The average Bonchev–Trinajstić information content (AvgIpc) is 2.71. The number of rotatable bonds is 6. The summed E-state index contributed by atoms with van der Waals surface area (Å²) in [5, 5.41) is 4.77. The van der Waals surface area contributed by atoms with Crippen molar-refractivity contribution in [3.05, 3.63) is 28.2 Å². The minimum absolute atomic E-state index is 0.0165. The maximum Gasteiger partial charge on any atom is 0.430 e. The zero-order chi connectivity index (χ0) is 20.8. The average molecular weight is 443 g/mol. The monoisotopic (exact) mass is 442 g/mol. The van der Waals surface area contributed by atoms with Crippen molar-refractivity contribution in [1.82, 2.24) is 14.9 Å². The molecule has 1 aromatic carbocycles. The van der Waals surface area contributed by atoms with Crippen LogP contribution in [0.15, 0.2) is 18.2 Å². The van der Waals surface area contributed by atoms with E-state index in [1.54, 1.807) is 25.1 Å². The van der Waals surface area contributed by atoms with Crippen LogP contribution in [0.3, 0.4) is 0 Å². The fourth-order valence-electron chi connectivity index (χ4n) is 3.75. The third-order valence-electron chi connectivity index (χ3n) is 5.41. The summed E-state index contributed by atoms with van der Waals surface area (Å²) in [6, 6.07) is 4.25. The van der Waals surface area contributed by atoms with Crippen LogP contribution in [0.2, 0.25) is 10.0 Å². The molecule has 9 heteroatoms. The summed E-state index contributed by atoms with van der Waals surface area (Å²) in [6.07, 6.45) is 4.18. The van der Waals surface area contributed by atoms with Gasteiger partial charge < -0.3 is 14.6 Å². The lowest BCUT2D eigenvalue weighted by atomic mass is 10.1. The number of carbonyl (C=O) groups is 2. The minimum atomic E-state index is -0.665. The molecule has 1 aromatic rings. The first-order valence-corrected chi connectivity index (χ1v) is 10.9. The van der Waals surface area contributed by atoms with Crippen LogP contribution in [0.1, 0.15) is 32.6 Å². The SMILES string of the molecule is C[C@H]1C(=O)N(CCCN2CCCCC2)CCN1OC(=O)Nc1ccc(Cl)c(Cl)c1. The van der Waals surface area contributed by atoms with Crippen molar-refractivity contribution in [2.24, 2.45) is 0 Å². The Kier molecular flexibility index (Phi) is 8.00. The van der Waals surface area contributed by atoms with E-state index in [1.165, 1.54) is 37.4 Å². The molecule has 2 saturated heterocycles. The maximum absolute atomic E-state index is 12.7. The van der Waals surface area contributed by atoms with Crippen LogP contribution in [-0.4, -0.2) is 72.2 Å². The molecule has 0 saturated carbocycles. The predicted octanol–water partition coefficient (Wildman–Crippen LogP) is 3.87. The number of likely N-dealkylation sites (tertiary alicyclic amines) is 1. The smallest absolute Gasteiger partial charge is 0.350 e. The topological polar surface area (TPSA) is 65.1 Å². The molecule has 1 atom stereocenters. The summed E-state index contributed by atoms with van der Waals surface area (Å²) in [6.45, 7) is 6.88. The molecule has 160 valence electrons. The van der Waals surface area contributed by atoms with E-state index in [0.29, 0.717) is 28.8 Å². The first-order chi connectivity index (χ1) is 13.9. The second-order valence-corrected chi connectivity index (χ2v) is 8.34. The molecule has 0 unspecified atom stereocenters. The highest BCUT2D eigenvalue weighted by Crippen LogP contribution is 2.25. The van der Waals surface area contributed by atoms with Gasteiger partial charge in [-0.1, -0.05) is 29.6 Å². The third kappa shape index (κ3) is 6.22. The Balaban J connectivity index is 1.43. The highest BCUT2D eigenvalue weighted by atomic mass is 35.5. The molecule has 0 bridgehead atoms. The van der Waals surface area contributed by atoms with Gasteiger partial charge in [0, 0.05) is 18.8 Å². The zero-order valence-electron chi connectivity index (χ0n) is 16.7. The second kappa shape index (κ2) is 10.5. The van der Waals surface area contributed by atoms with Crippen molar-refractivity contribution in [2.45, 2.75) is 38.6 Å². The van der Waals surface area contributed by atoms with E-state index in [1.807, 2.05) is 4.90 Å². The van der Waals surface area contributed by atoms with Crippen molar-refractivity contribution < 1.29 is 14.4 Å². The van der Waals surface area contributed by atoms with Crippen LogP contribution in [0.4, 0.5) is 10.5 Å². The van der Waals surface area contributed by atoms with Gasteiger partial charge in [0.1, 0.15) is 6.04 Å². The number of nitrogens with one attached hydrogen (secondary N) is 1. The number of hydroxylamine groups is 2. The molecule has 0 aliphatic carbocycles. The quantitative estimate of drug-likeness (QED) is 0.724. The first kappa shape index (κ1) is 22.2. The van der Waals surface area contributed by atoms with Crippen LogP contribution in [0.5, 0.6) is 0 Å². The van der Waals surface area contributed by atoms with Gasteiger partial charge in [-0.2, -0.15) is 0 Å². The molecule has 3 rings (SSSR count). The van der Waals surface area contributed by atoms with Gasteiger partial charge in [-0.3, -0.25) is 10.1 Å². The molecular weight excluding hydrogens is 415 g/mol. The normalized spacial score (nSPS) is 21.3. The Hall–Kier alpha value is -1.54. The van der Waals surface area contributed by atoms with Crippen LogP contribution in [0.25, 0.3) is 0 Å². The van der Waals surface area contributed by atoms with Gasteiger partial charge in [0.25, 0.3) is 0 Å². The number of halogens is 2. The molecule has 0 radical (unpaired) electrons. The van der Waals surface area contributed by atoms with Crippen LogP contribution in [-0.2, 0) is 9.63 Å². The molecular formula is C20H28Cl2N4O3. The summed E-state index contributed by atoms with van der Waals surface area (Å²) in [5.41, 5.74) is 0.472. The van der Waals surface area contributed by atoms with Crippen molar-refractivity contribution in [3.8, 4) is 0 Å². The number of amides is 2. The Bertz CT molecular complexity index is 728. The van der Waals surface area contributed by atoms with Gasteiger partial charge in [-0.25, -0.2) is 4.79 Å². The minimum Gasteiger partial charge on any atom is -0.350 e. The summed E-state index contributed by atoms with van der Waals surface area (Å²) >= 11 is 11.8. The Morgan fingerprint density at radius 1 is 1.10 bits per heavy atom. The number of piperazine rings is 1. The van der Waals surface area contributed by atoms with Crippen molar-refractivity contribution in [3.63, 3.8) is 0 Å². The van der Waals surface area contributed by atoms with E-state index < -0.39 is 12.1 Å². The van der Waals surface area contributed by atoms with Gasteiger partial charge in [-0.15, -0.1) is 5.06 Å². The van der Waals surface area contributed by atoms with Gasteiger partial charge in [0.15, 0.2) is 0 Å². The van der Waals surface area contributed by atoms with E-state index in [4.69, 9.17) is 28.0 Å². The second-order valence-electron chi connectivity index (χ2n) is 7.53. The maximum atomic E-state index is 12.7. The lowest BCUT2D eigenvalue weighted by molar-refractivity contribution is -0.174. The van der Waals surface area contributed by atoms with Crippen LogP contribution >= 0.6 is 23.2 Å². The number of benzene rings is 1.